The van der Waals surface area contributed by atoms with Crippen LogP contribution in [-0.4, -0.2) is 245 Å². The maximum atomic E-state index is 14.0. The second-order valence-corrected chi connectivity index (χ2v) is 21.3. The molecule has 3 aromatic carbocycles. The highest BCUT2D eigenvalue weighted by Crippen LogP contribution is 2.46. The number of nitrogens with zero attached hydrogens (tertiary/aromatic N) is 7. The minimum absolute atomic E-state index is 0.0704. The van der Waals surface area contributed by atoms with Crippen molar-refractivity contribution >= 4 is 65.0 Å². The average Bonchev–Trinajstić information content (AvgIpc) is 3.49. The van der Waals surface area contributed by atoms with Gasteiger partial charge >= 0.3 is 18.0 Å². The number of nitrogens with one attached hydrogen (secondary N) is 3. The van der Waals surface area contributed by atoms with E-state index >= 15 is 0 Å². The molecule has 2 aliphatic heterocycles. The Balaban J connectivity index is 0.852. The Morgan fingerprint density at radius 1 is 0.695 bits per heavy atom. The molecule has 5 N–H and O–H groups in total. The van der Waals surface area contributed by atoms with Crippen LogP contribution in [-0.2, 0) is 44.7 Å². The number of fused-ring (bicyclic) bond motifs is 3. The van der Waals surface area contributed by atoms with Crippen molar-refractivity contribution in [3.05, 3.63) is 75.9 Å². The number of benzene rings is 3. The predicted molar refractivity (Wildman–Crippen MR) is 308 cm³/mol. The van der Waals surface area contributed by atoms with Gasteiger partial charge in [-0.25, -0.2) is 9.48 Å². The summed E-state index contributed by atoms with van der Waals surface area (Å²) in [6.07, 6.45) is 0.795. The van der Waals surface area contributed by atoms with E-state index in [1.165, 1.54) is 0 Å². The Morgan fingerprint density at radius 3 is 1.72 bits per heavy atom. The van der Waals surface area contributed by atoms with Crippen molar-refractivity contribution in [1.29, 1.82) is 0 Å². The third kappa shape index (κ3) is 20.2. The van der Waals surface area contributed by atoms with Crippen molar-refractivity contribution in [2.75, 3.05) is 164 Å². The lowest BCUT2D eigenvalue weighted by atomic mass is 9.95. The van der Waals surface area contributed by atoms with Gasteiger partial charge in [0, 0.05) is 117 Å². The summed E-state index contributed by atoms with van der Waals surface area (Å²) >= 11 is 12.9. The molecule has 24 nitrogen and oxygen atoms in total. The van der Waals surface area contributed by atoms with Crippen LogP contribution < -0.4 is 25.4 Å². The van der Waals surface area contributed by atoms with Crippen molar-refractivity contribution < 1.29 is 67.4 Å². The lowest BCUT2D eigenvalue weighted by Gasteiger charge is -2.32. The van der Waals surface area contributed by atoms with Gasteiger partial charge in [-0.05, 0) is 62.7 Å². The van der Waals surface area contributed by atoms with Gasteiger partial charge in [-0.1, -0.05) is 35.3 Å². The van der Waals surface area contributed by atoms with Crippen molar-refractivity contribution in [3.63, 3.8) is 0 Å². The second kappa shape index (κ2) is 32.4. The summed E-state index contributed by atoms with van der Waals surface area (Å²) in [7, 11) is 3.32. The number of carboxylic acid groups (broad SMARTS) is 2. The molecule has 0 atom stereocenters. The van der Waals surface area contributed by atoms with E-state index in [4.69, 9.17) is 56.7 Å². The Kier molecular flexibility index (Phi) is 25.6. The molecule has 0 unspecified atom stereocenters. The summed E-state index contributed by atoms with van der Waals surface area (Å²) < 4.78 is 36.1. The average molecular weight is 1180 g/mol. The molecule has 82 heavy (non-hydrogen) atoms. The minimum atomic E-state index is -0.998. The molecular weight excluding hydrogens is 1110 g/mol. The first-order valence-electron chi connectivity index (χ1n) is 27.0. The molecular formula is C56H76Cl2N10O14. The predicted octanol–water partition coefficient (Wildman–Crippen LogP) is 4.18. The Morgan fingerprint density at radius 2 is 1.21 bits per heavy atom. The molecule has 6 rings (SSSR count). The molecule has 1 saturated heterocycles. The zero-order valence-corrected chi connectivity index (χ0v) is 48.7. The number of urea groups is 1. The standard InChI is InChI=1S/C56H76Cl2N10O14/c1-56(2,3)63(4)54(75)52-46-38-82-48-34-47(77-5)44(33-45(48)53(46)68(62-52)43-31-40(57)30-41(58)32-43)39-6-8-42(9-7-39)61-55(76)60-11-23-79-25-27-81-29-28-80-26-24-78-22-10-59-49(70)35-65-14-12-64(20-21-69)13-15-66(36-50(71)72)18-19-67(17-16-65)37-51(73)74/h6-9,21,30-34H,10-20,22-29,35-38H2,1-5H3,(H,59,70)(H,71,72)(H,73,74)(H2,60,61,76). The van der Waals surface area contributed by atoms with Gasteiger partial charge in [0.1, 0.15) is 24.4 Å². The SMILES string of the molecule is COc1cc2c(cc1-c1ccc(NC(=O)NCCOCCOCCOCCOCCNC(=O)CN3CCN(CC=O)CCN(CC(=O)O)CCN(CC(=O)O)CC3)cc1)-c1c(c(C(=O)N(C)C(C)(C)C)nn1-c1cc(Cl)cc(Cl)c1)CO2. The molecule has 2 aliphatic rings. The topological polar surface area (TPSA) is 268 Å². The quantitative estimate of drug-likeness (QED) is 0.0394. The van der Waals surface area contributed by atoms with E-state index in [2.05, 4.69) is 16.0 Å². The number of methoxy groups -OCH3 is 1. The number of carboxylic acids is 2. The maximum absolute atomic E-state index is 14.0. The number of carbonyl (C=O) groups is 6. The zero-order chi connectivity index (χ0) is 59.2. The van der Waals surface area contributed by atoms with E-state index in [9.17, 15) is 39.0 Å². The normalized spacial score (nSPS) is 14.8. The molecule has 0 spiro atoms. The third-order valence-corrected chi connectivity index (χ3v) is 14.0. The number of aliphatic carboxylic acids is 2. The van der Waals surface area contributed by atoms with Gasteiger partial charge in [0.2, 0.25) is 5.91 Å². The monoisotopic (exact) mass is 1180 g/mol. The first-order chi connectivity index (χ1) is 39.3. The molecule has 1 fully saturated rings. The van der Waals surface area contributed by atoms with Gasteiger partial charge in [-0.2, -0.15) is 5.10 Å². The van der Waals surface area contributed by atoms with Crippen molar-refractivity contribution in [3.8, 4) is 39.6 Å². The van der Waals surface area contributed by atoms with Crippen LogP contribution in [0, 0.1) is 0 Å². The van der Waals surface area contributed by atoms with Gasteiger partial charge in [0.15, 0.2) is 5.69 Å². The molecule has 4 amide bonds. The van der Waals surface area contributed by atoms with E-state index in [0.717, 1.165) is 17.4 Å². The van der Waals surface area contributed by atoms with Gasteiger partial charge in [-0.3, -0.25) is 38.8 Å². The van der Waals surface area contributed by atoms with Gasteiger partial charge in [0.05, 0.1) is 97.5 Å². The number of anilines is 1. The van der Waals surface area contributed by atoms with Crippen LogP contribution in [0.5, 0.6) is 11.5 Å². The number of halogens is 2. The lowest BCUT2D eigenvalue weighted by Crippen LogP contribution is -2.49. The highest BCUT2D eigenvalue weighted by Gasteiger charge is 2.35. The van der Waals surface area contributed by atoms with E-state index < -0.39 is 23.5 Å². The van der Waals surface area contributed by atoms with Crippen LogP contribution in [0.15, 0.2) is 54.6 Å². The number of rotatable bonds is 28. The van der Waals surface area contributed by atoms with E-state index in [0.29, 0.717) is 142 Å². The van der Waals surface area contributed by atoms with Gasteiger partial charge in [0.25, 0.3) is 5.91 Å². The van der Waals surface area contributed by atoms with Crippen LogP contribution in [0.3, 0.4) is 0 Å². The molecule has 0 saturated carbocycles. The molecule has 0 bridgehead atoms. The summed E-state index contributed by atoms with van der Waals surface area (Å²) in [4.78, 5) is 82.9. The lowest BCUT2D eigenvalue weighted by molar-refractivity contribution is -0.140. The Labute approximate surface area is 487 Å². The fourth-order valence-corrected chi connectivity index (χ4v) is 9.42. The largest absolute Gasteiger partial charge is 0.496 e. The summed E-state index contributed by atoms with van der Waals surface area (Å²) in [6.45, 7) is 12.0. The number of amides is 4. The van der Waals surface area contributed by atoms with Crippen LogP contribution in [0.2, 0.25) is 10.0 Å². The number of ether oxygens (including phenoxy) is 6. The van der Waals surface area contributed by atoms with E-state index in [1.54, 1.807) is 63.9 Å². The number of aromatic nitrogens is 2. The summed E-state index contributed by atoms with van der Waals surface area (Å²) in [5.41, 5.74) is 4.37. The van der Waals surface area contributed by atoms with E-state index in [1.807, 2.05) is 54.8 Å². The first kappa shape index (κ1) is 64.7. The van der Waals surface area contributed by atoms with Crippen LogP contribution in [0.4, 0.5) is 10.5 Å². The summed E-state index contributed by atoms with van der Waals surface area (Å²) in [6, 6.07) is 15.7. The van der Waals surface area contributed by atoms with Gasteiger partial charge < -0.3 is 64.3 Å². The fraction of sp³-hybridized carbons (Fsp3) is 0.518. The number of hydrogen-bond donors (Lipinski definition) is 5. The molecule has 1 aromatic heterocycles. The fourth-order valence-electron chi connectivity index (χ4n) is 8.91. The zero-order valence-electron chi connectivity index (χ0n) is 47.2. The van der Waals surface area contributed by atoms with Gasteiger partial charge in [-0.15, -0.1) is 0 Å². The van der Waals surface area contributed by atoms with Crippen molar-refractivity contribution in [1.82, 2.24) is 44.9 Å². The smallest absolute Gasteiger partial charge is 0.319 e. The third-order valence-electron chi connectivity index (χ3n) is 13.5. The summed E-state index contributed by atoms with van der Waals surface area (Å²) in [5.74, 6) is -1.38. The number of aldehydes is 1. The molecule has 3 heterocycles. The minimum Gasteiger partial charge on any atom is -0.496 e. The highest BCUT2D eigenvalue weighted by atomic mass is 35.5. The maximum Gasteiger partial charge on any atom is 0.319 e. The number of carbonyl (C=O) groups excluding carboxylic acids is 4. The Bertz CT molecular complexity index is 2760. The molecule has 4 aromatic rings. The molecule has 448 valence electrons. The van der Waals surface area contributed by atoms with Crippen LogP contribution >= 0.6 is 23.2 Å². The van der Waals surface area contributed by atoms with Crippen molar-refractivity contribution in [2.24, 2.45) is 0 Å². The summed E-state index contributed by atoms with van der Waals surface area (Å²) in [5, 5.41) is 33.0. The van der Waals surface area contributed by atoms with E-state index in [-0.39, 0.29) is 76.6 Å². The Hall–Kier alpha value is -6.45. The van der Waals surface area contributed by atoms with Crippen LogP contribution in [0.1, 0.15) is 36.8 Å². The molecule has 0 aliphatic carbocycles. The first-order valence-corrected chi connectivity index (χ1v) is 27.8. The van der Waals surface area contributed by atoms with Crippen molar-refractivity contribution in [2.45, 2.75) is 32.9 Å². The molecule has 0 radical (unpaired) electrons. The highest BCUT2D eigenvalue weighted by molar-refractivity contribution is 6.34. The molecule has 26 heteroatoms. The number of hydrogen-bond acceptors (Lipinski definition) is 17. The second-order valence-electron chi connectivity index (χ2n) is 20.4. The van der Waals surface area contributed by atoms with Crippen LogP contribution in [0.25, 0.3) is 28.1 Å².